The highest BCUT2D eigenvalue weighted by molar-refractivity contribution is 5.94. The van der Waals surface area contributed by atoms with Gasteiger partial charge in [-0.15, -0.1) is 0 Å². The fourth-order valence-corrected chi connectivity index (χ4v) is 1.59. The maximum absolute atomic E-state index is 11.5. The Hall–Kier alpha value is -2.37. The lowest BCUT2D eigenvalue weighted by atomic mass is 10.1. The zero-order valence-electron chi connectivity index (χ0n) is 12.2. The van der Waals surface area contributed by atoms with Gasteiger partial charge in [-0.2, -0.15) is 0 Å². The average Bonchev–Trinajstić information content (AvgIpc) is 2.44. The van der Waals surface area contributed by atoms with Crippen molar-refractivity contribution in [3.63, 3.8) is 0 Å². The highest BCUT2D eigenvalue weighted by atomic mass is 16.5. The van der Waals surface area contributed by atoms with Crippen molar-refractivity contribution >= 4 is 17.6 Å². The number of hydrogen-bond acceptors (Lipinski definition) is 4. The lowest BCUT2D eigenvalue weighted by molar-refractivity contribution is -0.127. The number of amides is 2. The zero-order valence-corrected chi connectivity index (χ0v) is 12.2. The first-order chi connectivity index (χ1) is 9.90. The molecular weight excluding hydrogens is 272 g/mol. The molecule has 0 radical (unpaired) electrons. The van der Waals surface area contributed by atoms with Crippen LogP contribution in [0.1, 0.15) is 37.0 Å². The first kappa shape index (κ1) is 16.7. The van der Waals surface area contributed by atoms with E-state index in [0.29, 0.717) is 24.3 Å². The molecule has 0 heterocycles. The number of Topliss-reactive ketones (excluding diaryl/α,β-unsaturated/α-hetero) is 1. The second-order valence-electron chi connectivity index (χ2n) is 4.72. The lowest BCUT2D eigenvalue weighted by Crippen LogP contribution is -2.42. The van der Waals surface area contributed by atoms with Gasteiger partial charge < -0.3 is 15.8 Å². The van der Waals surface area contributed by atoms with Gasteiger partial charge in [0.05, 0.1) is 6.61 Å². The number of ketones is 1. The van der Waals surface area contributed by atoms with Crippen LogP contribution in [-0.4, -0.2) is 30.2 Å². The van der Waals surface area contributed by atoms with Crippen molar-refractivity contribution in [1.82, 2.24) is 5.32 Å². The average molecular weight is 292 g/mol. The van der Waals surface area contributed by atoms with Crippen LogP contribution >= 0.6 is 0 Å². The minimum Gasteiger partial charge on any atom is -0.494 e. The largest absolute Gasteiger partial charge is 0.494 e. The van der Waals surface area contributed by atoms with Crippen LogP contribution in [0.25, 0.3) is 0 Å². The molecular formula is C15H20N2O4. The Labute approximate surface area is 123 Å². The molecule has 0 aromatic heterocycles. The summed E-state index contributed by atoms with van der Waals surface area (Å²) in [5, 5.41) is 2.49. The molecule has 0 saturated heterocycles. The van der Waals surface area contributed by atoms with E-state index in [2.05, 4.69) is 5.32 Å². The molecule has 0 saturated carbocycles. The van der Waals surface area contributed by atoms with E-state index < -0.39 is 11.9 Å². The van der Waals surface area contributed by atoms with Crippen molar-refractivity contribution in [2.45, 2.75) is 32.7 Å². The number of nitrogens with two attached hydrogens (primary N) is 1. The van der Waals surface area contributed by atoms with Gasteiger partial charge in [-0.05, 0) is 44.5 Å². The van der Waals surface area contributed by atoms with Crippen molar-refractivity contribution < 1.29 is 19.1 Å². The van der Waals surface area contributed by atoms with Gasteiger partial charge in [0.25, 0.3) is 0 Å². The van der Waals surface area contributed by atoms with Crippen molar-refractivity contribution in [1.29, 1.82) is 0 Å². The zero-order chi connectivity index (χ0) is 15.8. The summed E-state index contributed by atoms with van der Waals surface area (Å²) in [4.78, 5) is 33.4. The van der Waals surface area contributed by atoms with Gasteiger partial charge in [0.1, 0.15) is 11.8 Å². The number of nitrogens with one attached hydrogen (secondary N) is 1. The number of rotatable bonds is 8. The fraction of sp³-hybridized carbons (Fsp3) is 0.400. The van der Waals surface area contributed by atoms with Crippen LogP contribution < -0.4 is 15.8 Å². The summed E-state index contributed by atoms with van der Waals surface area (Å²) < 4.78 is 5.46. The second kappa shape index (κ2) is 8.04. The Kier molecular flexibility index (Phi) is 6.39. The fourth-order valence-electron chi connectivity index (χ4n) is 1.59. The van der Waals surface area contributed by atoms with Crippen molar-refractivity contribution in [3.8, 4) is 5.75 Å². The summed E-state index contributed by atoms with van der Waals surface area (Å²) in [5.41, 5.74) is 5.67. The van der Waals surface area contributed by atoms with E-state index in [1.165, 1.54) is 13.8 Å². The van der Waals surface area contributed by atoms with Gasteiger partial charge in [0.15, 0.2) is 5.78 Å². The third-order valence-corrected chi connectivity index (χ3v) is 2.88. The molecule has 2 amide bonds. The van der Waals surface area contributed by atoms with E-state index in [4.69, 9.17) is 10.5 Å². The molecule has 0 aliphatic heterocycles. The highest BCUT2D eigenvalue weighted by Crippen LogP contribution is 2.13. The van der Waals surface area contributed by atoms with E-state index in [9.17, 15) is 14.4 Å². The van der Waals surface area contributed by atoms with Crippen LogP contribution in [0.2, 0.25) is 0 Å². The Morgan fingerprint density at radius 1 is 1.24 bits per heavy atom. The summed E-state index contributed by atoms with van der Waals surface area (Å²) in [6.07, 6.45) is 0.773. The normalized spacial score (nSPS) is 11.5. The molecule has 0 aliphatic rings. The molecule has 0 aliphatic carbocycles. The first-order valence-electron chi connectivity index (χ1n) is 6.72. The SMILES string of the molecule is CC(=O)c1ccc(OCCCC(=O)NC(C)C(N)=O)cc1. The summed E-state index contributed by atoms with van der Waals surface area (Å²) >= 11 is 0. The van der Waals surface area contributed by atoms with Gasteiger partial charge in [0.2, 0.25) is 11.8 Å². The van der Waals surface area contributed by atoms with E-state index in [1.54, 1.807) is 24.3 Å². The van der Waals surface area contributed by atoms with Crippen LogP contribution in [0.3, 0.4) is 0 Å². The molecule has 0 fully saturated rings. The number of hydrogen-bond donors (Lipinski definition) is 2. The van der Waals surface area contributed by atoms with Crippen LogP contribution in [0, 0.1) is 0 Å². The van der Waals surface area contributed by atoms with Crippen molar-refractivity contribution in [3.05, 3.63) is 29.8 Å². The number of ether oxygens (including phenoxy) is 1. The third-order valence-electron chi connectivity index (χ3n) is 2.88. The predicted molar refractivity (Wildman–Crippen MR) is 78.0 cm³/mol. The Morgan fingerprint density at radius 2 is 1.86 bits per heavy atom. The molecule has 0 spiro atoms. The van der Waals surface area contributed by atoms with E-state index in [0.717, 1.165) is 0 Å². The monoisotopic (exact) mass is 292 g/mol. The molecule has 3 N–H and O–H groups in total. The quantitative estimate of drug-likeness (QED) is 0.552. The molecule has 114 valence electrons. The number of primary amides is 1. The van der Waals surface area contributed by atoms with E-state index >= 15 is 0 Å². The number of carbonyl (C=O) groups excluding carboxylic acids is 3. The van der Waals surface area contributed by atoms with Crippen LogP contribution in [0.15, 0.2) is 24.3 Å². The summed E-state index contributed by atoms with van der Waals surface area (Å²) in [6, 6.07) is 6.15. The van der Waals surface area contributed by atoms with Crippen LogP contribution in [0.5, 0.6) is 5.75 Å². The molecule has 6 nitrogen and oxygen atoms in total. The molecule has 21 heavy (non-hydrogen) atoms. The van der Waals surface area contributed by atoms with Gasteiger partial charge in [-0.3, -0.25) is 14.4 Å². The standard InChI is InChI=1S/C15H20N2O4/c1-10(15(16)20)17-14(19)4-3-9-21-13-7-5-12(6-8-13)11(2)18/h5-8,10H,3-4,9H2,1-2H3,(H2,16,20)(H,17,19). The van der Waals surface area contributed by atoms with Crippen LogP contribution in [0.4, 0.5) is 0 Å². The molecule has 1 aromatic rings. The van der Waals surface area contributed by atoms with Crippen LogP contribution in [-0.2, 0) is 9.59 Å². The lowest BCUT2D eigenvalue weighted by Gasteiger charge is -2.10. The summed E-state index contributed by atoms with van der Waals surface area (Å²) in [6.45, 7) is 3.41. The van der Waals surface area contributed by atoms with Crippen molar-refractivity contribution in [2.24, 2.45) is 5.73 Å². The molecule has 0 bridgehead atoms. The summed E-state index contributed by atoms with van der Waals surface area (Å²) in [5.74, 6) is -0.158. The highest BCUT2D eigenvalue weighted by Gasteiger charge is 2.11. The minimum absolute atomic E-state index is 0.00166. The smallest absolute Gasteiger partial charge is 0.239 e. The molecule has 1 unspecified atom stereocenters. The first-order valence-corrected chi connectivity index (χ1v) is 6.72. The van der Waals surface area contributed by atoms with Gasteiger partial charge in [-0.25, -0.2) is 0 Å². The molecule has 1 aromatic carbocycles. The van der Waals surface area contributed by atoms with Gasteiger partial charge in [0, 0.05) is 12.0 Å². The van der Waals surface area contributed by atoms with Gasteiger partial charge in [-0.1, -0.05) is 0 Å². The van der Waals surface area contributed by atoms with Crippen molar-refractivity contribution in [2.75, 3.05) is 6.61 Å². The maximum atomic E-state index is 11.5. The van der Waals surface area contributed by atoms with E-state index in [-0.39, 0.29) is 18.1 Å². The topological polar surface area (TPSA) is 98.5 Å². The molecule has 1 atom stereocenters. The number of carbonyl (C=O) groups is 3. The second-order valence-corrected chi connectivity index (χ2v) is 4.72. The van der Waals surface area contributed by atoms with Gasteiger partial charge >= 0.3 is 0 Å². The number of benzene rings is 1. The Morgan fingerprint density at radius 3 is 2.38 bits per heavy atom. The Balaban J connectivity index is 2.26. The minimum atomic E-state index is -0.669. The molecule has 1 rings (SSSR count). The predicted octanol–water partition coefficient (Wildman–Crippen LogP) is 1.04. The summed E-state index contributed by atoms with van der Waals surface area (Å²) in [7, 11) is 0. The molecule has 6 heteroatoms. The maximum Gasteiger partial charge on any atom is 0.239 e. The third kappa shape index (κ3) is 6.07. The Bertz CT molecular complexity index is 511. The van der Waals surface area contributed by atoms with E-state index in [1.807, 2.05) is 0 Å².